The molecule has 1 aromatic heterocycles. The molecule has 3 aromatic rings. The number of ether oxygens (including phenoxy) is 1. The first kappa shape index (κ1) is 20.0. The molecule has 1 heterocycles. The molecule has 146 valence electrons. The van der Waals surface area contributed by atoms with Crippen molar-refractivity contribution < 1.29 is 9.53 Å². The summed E-state index contributed by atoms with van der Waals surface area (Å²) in [5.41, 5.74) is 6.26. The third-order valence-electron chi connectivity index (χ3n) is 4.47. The molecule has 0 fully saturated rings. The van der Waals surface area contributed by atoms with Gasteiger partial charge >= 0.3 is 0 Å². The normalized spacial score (nSPS) is 10.8. The monoisotopic (exact) mass is 395 g/mol. The minimum Gasteiger partial charge on any atom is -0.495 e. The summed E-state index contributed by atoms with van der Waals surface area (Å²) in [4.78, 5) is 16.9. The lowest BCUT2D eigenvalue weighted by molar-refractivity contribution is -0.113. The second-order valence-corrected chi connectivity index (χ2v) is 7.81. The number of aromatic nitrogens is 2. The Labute approximate surface area is 170 Å². The fourth-order valence-corrected chi connectivity index (χ4v) is 4.02. The van der Waals surface area contributed by atoms with Crippen LogP contribution in [0.25, 0.3) is 5.69 Å². The summed E-state index contributed by atoms with van der Waals surface area (Å²) >= 11 is 1.40. The first-order chi connectivity index (χ1) is 13.4. The number of rotatable bonds is 6. The number of benzene rings is 2. The van der Waals surface area contributed by atoms with Crippen molar-refractivity contribution in [3.05, 3.63) is 65.0 Å². The van der Waals surface area contributed by atoms with Gasteiger partial charge in [-0.1, -0.05) is 35.5 Å². The van der Waals surface area contributed by atoms with E-state index in [4.69, 9.17) is 4.74 Å². The number of carbonyl (C=O) groups is 1. The summed E-state index contributed by atoms with van der Waals surface area (Å²) in [5, 5.41) is 3.78. The van der Waals surface area contributed by atoms with Gasteiger partial charge in [-0.3, -0.25) is 9.36 Å². The number of methoxy groups -OCH3 is 1. The van der Waals surface area contributed by atoms with E-state index < -0.39 is 0 Å². The van der Waals surface area contributed by atoms with E-state index in [0.717, 1.165) is 39.0 Å². The smallest absolute Gasteiger partial charge is 0.234 e. The summed E-state index contributed by atoms with van der Waals surface area (Å²) in [6.45, 7) is 8.12. The molecule has 2 aromatic carbocycles. The maximum atomic E-state index is 12.5. The van der Waals surface area contributed by atoms with Gasteiger partial charge < -0.3 is 10.1 Å². The summed E-state index contributed by atoms with van der Waals surface area (Å²) < 4.78 is 7.43. The van der Waals surface area contributed by atoms with Crippen LogP contribution in [0.15, 0.2) is 47.9 Å². The summed E-state index contributed by atoms with van der Waals surface area (Å²) in [7, 11) is 1.65. The Morgan fingerprint density at radius 3 is 2.50 bits per heavy atom. The van der Waals surface area contributed by atoms with Crippen molar-refractivity contribution in [2.75, 3.05) is 18.2 Å². The van der Waals surface area contributed by atoms with Crippen LogP contribution in [0, 0.1) is 27.7 Å². The Balaban J connectivity index is 1.74. The van der Waals surface area contributed by atoms with Crippen LogP contribution in [0.1, 0.15) is 22.3 Å². The van der Waals surface area contributed by atoms with Gasteiger partial charge in [0, 0.05) is 18.1 Å². The average Bonchev–Trinajstić information content (AvgIpc) is 3.11. The van der Waals surface area contributed by atoms with Crippen molar-refractivity contribution in [2.45, 2.75) is 32.9 Å². The van der Waals surface area contributed by atoms with Gasteiger partial charge in [-0.05, 0) is 56.5 Å². The number of hydrogen-bond donors (Lipinski definition) is 1. The molecule has 0 unspecified atom stereocenters. The highest BCUT2D eigenvalue weighted by atomic mass is 32.2. The van der Waals surface area contributed by atoms with E-state index in [0.29, 0.717) is 0 Å². The molecule has 0 saturated heterocycles. The Hall–Kier alpha value is -2.73. The van der Waals surface area contributed by atoms with Gasteiger partial charge in [-0.15, -0.1) is 0 Å². The summed E-state index contributed by atoms with van der Waals surface area (Å²) in [5.74, 6) is 0.990. The molecule has 28 heavy (non-hydrogen) atoms. The Bertz CT molecular complexity index is 988. The molecule has 0 aliphatic heterocycles. The highest BCUT2D eigenvalue weighted by Crippen LogP contribution is 2.29. The van der Waals surface area contributed by atoms with Crippen LogP contribution in [0.4, 0.5) is 5.69 Å². The Kier molecular flexibility index (Phi) is 6.09. The van der Waals surface area contributed by atoms with Crippen molar-refractivity contribution in [3.63, 3.8) is 0 Å². The van der Waals surface area contributed by atoms with Gasteiger partial charge in [0.1, 0.15) is 5.75 Å². The van der Waals surface area contributed by atoms with Crippen molar-refractivity contribution >= 4 is 23.4 Å². The van der Waals surface area contributed by atoms with Crippen LogP contribution in [-0.4, -0.2) is 28.3 Å². The molecule has 0 bridgehead atoms. The van der Waals surface area contributed by atoms with E-state index >= 15 is 0 Å². The molecule has 0 radical (unpaired) electrons. The van der Waals surface area contributed by atoms with Gasteiger partial charge in [0.05, 0.1) is 18.6 Å². The molecule has 0 saturated carbocycles. The number of imidazole rings is 1. The number of anilines is 1. The highest BCUT2D eigenvalue weighted by molar-refractivity contribution is 7.99. The SMILES string of the molecule is COc1ccc(C)cc1-n1ccnc1SCC(=O)Nc1c(C)cc(C)cc1C. The lowest BCUT2D eigenvalue weighted by Crippen LogP contribution is -2.16. The van der Waals surface area contributed by atoms with E-state index in [9.17, 15) is 4.79 Å². The third-order valence-corrected chi connectivity index (χ3v) is 5.44. The third kappa shape index (κ3) is 4.39. The Morgan fingerprint density at radius 2 is 1.82 bits per heavy atom. The largest absolute Gasteiger partial charge is 0.495 e. The van der Waals surface area contributed by atoms with Gasteiger partial charge in [0.15, 0.2) is 5.16 Å². The molecule has 0 atom stereocenters. The van der Waals surface area contributed by atoms with E-state index in [1.807, 2.05) is 49.7 Å². The summed E-state index contributed by atoms with van der Waals surface area (Å²) in [6.07, 6.45) is 3.61. The van der Waals surface area contributed by atoms with Gasteiger partial charge in [0.2, 0.25) is 5.91 Å². The molecule has 1 amide bonds. The van der Waals surface area contributed by atoms with E-state index in [-0.39, 0.29) is 11.7 Å². The topological polar surface area (TPSA) is 56.2 Å². The second-order valence-electron chi connectivity index (χ2n) is 6.87. The first-order valence-electron chi connectivity index (χ1n) is 9.08. The standard InChI is InChI=1S/C22H25N3O2S/c1-14-6-7-19(27-5)18(12-14)25-9-8-23-22(25)28-13-20(26)24-21-16(3)10-15(2)11-17(21)4/h6-12H,13H2,1-5H3,(H,24,26). The van der Waals surface area contributed by atoms with Gasteiger partial charge in [-0.25, -0.2) is 4.98 Å². The fourth-order valence-electron chi connectivity index (χ4n) is 3.25. The zero-order chi connectivity index (χ0) is 20.3. The molecule has 6 heteroatoms. The van der Waals surface area contributed by atoms with Crippen molar-refractivity contribution in [3.8, 4) is 11.4 Å². The molecule has 1 N–H and O–H groups in total. The number of carbonyl (C=O) groups excluding carboxylic acids is 1. The van der Waals surface area contributed by atoms with Crippen molar-refractivity contribution in [1.82, 2.24) is 9.55 Å². The van der Waals surface area contributed by atoms with Crippen LogP contribution in [0.5, 0.6) is 5.75 Å². The fraction of sp³-hybridized carbons (Fsp3) is 0.273. The molecule has 0 aliphatic carbocycles. The number of nitrogens with one attached hydrogen (secondary N) is 1. The molecule has 5 nitrogen and oxygen atoms in total. The second kappa shape index (κ2) is 8.52. The van der Waals surface area contributed by atoms with E-state index in [2.05, 4.69) is 29.4 Å². The van der Waals surface area contributed by atoms with Gasteiger partial charge in [-0.2, -0.15) is 0 Å². The number of aryl methyl sites for hydroxylation is 4. The molecule has 3 rings (SSSR count). The predicted molar refractivity (Wildman–Crippen MR) is 115 cm³/mol. The molecular weight excluding hydrogens is 370 g/mol. The zero-order valence-corrected chi connectivity index (χ0v) is 17.7. The highest BCUT2D eigenvalue weighted by Gasteiger charge is 2.14. The number of amides is 1. The minimum absolute atomic E-state index is 0.0502. The molecule has 0 aliphatic rings. The van der Waals surface area contributed by atoms with Crippen LogP contribution >= 0.6 is 11.8 Å². The summed E-state index contributed by atoms with van der Waals surface area (Å²) in [6, 6.07) is 10.1. The van der Waals surface area contributed by atoms with Crippen LogP contribution < -0.4 is 10.1 Å². The lowest BCUT2D eigenvalue weighted by Gasteiger charge is -2.14. The maximum absolute atomic E-state index is 12.5. The predicted octanol–water partition coefficient (Wildman–Crippen LogP) is 4.85. The zero-order valence-electron chi connectivity index (χ0n) is 16.9. The number of hydrogen-bond acceptors (Lipinski definition) is 4. The molecule has 0 spiro atoms. The number of thioether (sulfide) groups is 1. The van der Waals surface area contributed by atoms with E-state index in [1.54, 1.807) is 13.3 Å². The quantitative estimate of drug-likeness (QED) is 0.607. The minimum atomic E-state index is -0.0502. The van der Waals surface area contributed by atoms with Crippen molar-refractivity contribution in [1.29, 1.82) is 0 Å². The first-order valence-corrected chi connectivity index (χ1v) is 10.1. The van der Waals surface area contributed by atoms with Crippen LogP contribution in [0.3, 0.4) is 0 Å². The van der Waals surface area contributed by atoms with Crippen LogP contribution in [-0.2, 0) is 4.79 Å². The number of nitrogens with zero attached hydrogens (tertiary/aromatic N) is 2. The van der Waals surface area contributed by atoms with Crippen molar-refractivity contribution in [2.24, 2.45) is 0 Å². The Morgan fingerprint density at radius 1 is 1.11 bits per heavy atom. The van der Waals surface area contributed by atoms with Gasteiger partial charge in [0.25, 0.3) is 0 Å². The van der Waals surface area contributed by atoms with E-state index in [1.165, 1.54) is 17.3 Å². The maximum Gasteiger partial charge on any atom is 0.234 e. The molecular formula is C22H25N3O2S. The lowest BCUT2D eigenvalue weighted by atomic mass is 10.1. The van der Waals surface area contributed by atoms with Crippen LogP contribution in [0.2, 0.25) is 0 Å². The average molecular weight is 396 g/mol.